The Morgan fingerprint density at radius 3 is 2.68 bits per heavy atom. The van der Waals surface area contributed by atoms with Crippen LogP contribution in [0.3, 0.4) is 0 Å². The van der Waals surface area contributed by atoms with E-state index in [1.807, 2.05) is 42.5 Å². The molecule has 0 aliphatic heterocycles. The molecule has 4 rings (SSSR count). The molecule has 7 nitrogen and oxygen atoms in total. The molecule has 0 fully saturated rings. The lowest BCUT2D eigenvalue weighted by Crippen LogP contribution is -2.15. The maximum atomic E-state index is 12.4. The Balaban J connectivity index is 1.48. The number of para-hydroxylation sites is 2. The second-order valence-corrected chi connectivity index (χ2v) is 5.42. The van der Waals surface area contributed by atoms with Gasteiger partial charge in [0, 0.05) is 18.5 Å². The van der Waals surface area contributed by atoms with E-state index in [2.05, 4.69) is 25.4 Å². The van der Waals surface area contributed by atoms with Crippen LogP contribution < -0.4 is 5.32 Å². The predicted octanol–water partition coefficient (Wildman–Crippen LogP) is 2.52. The molecule has 0 atom stereocenters. The SMILES string of the molecule is O=C(Nc1ccn(Cc2ccccn2)n1)c1cnc2ccccc2n1. The molecular formula is C18H14N6O. The summed E-state index contributed by atoms with van der Waals surface area (Å²) in [5.41, 5.74) is 2.57. The van der Waals surface area contributed by atoms with Crippen LogP contribution in [0.2, 0.25) is 0 Å². The molecule has 0 bridgehead atoms. The summed E-state index contributed by atoms with van der Waals surface area (Å²) in [4.78, 5) is 25.2. The van der Waals surface area contributed by atoms with E-state index in [1.165, 1.54) is 6.20 Å². The number of fused-ring (bicyclic) bond motifs is 1. The molecule has 1 amide bonds. The van der Waals surface area contributed by atoms with Gasteiger partial charge in [-0.05, 0) is 24.3 Å². The first-order chi connectivity index (χ1) is 12.3. The third kappa shape index (κ3) is 3.35. The van der Waals surface area contributed by atoms with Crippen molar-refractivity contribution >= 4 is 22.8 Å². The number of carbonyl (C=O) groups excluding carboxylic acids is 1. The summed E-state index contributed by atoms with van der Waals surface area (Å²) < 4.78 is 1.71. The summed E-state index contributed by atoms with van der Waals surface area (Å²) in [7, 11) is 0. The van der Waals surface area contributed by atoms with Gasteiger partial charge in [-0.25, -0.2) is 4.98 Å². The molecule has 0 saturated carbocycles. The number of carbonyl (C=O) groups is 1. The maximum absolute atomic E-state index is 12.4. The van der Waals surface area contributed by atoms with E-state index in [0.717, 1.165) is 11.2 Å². The van der Waals surface area contributed by atoms with Gasteiger partial charge in [0.15, 0.2) is 5.82 Å². The molecule has 122 valence electrons. The quantitative estimate of drug-likeness (QED) is 0.621. The van der Waals surface area contributed by atoms with Crippen molar-refractivity contribution in [3.63, 3.8) is 0 Å². The molecule has 1 aromatic carbocycles. The van der Waals surface area contributed by atoms with Crippen LogP contribution in [0.15, 0.2) is 67.1 Å². The van der Waals surface area contributed by atoms with Gasteiger partial charge in [-0.3, -0.25) is 19.4 Å². The minimum Gasteiger partial charge on any atom is -0.304 e. The fourth-order valence-corrected chi connectivity index (χ4v) is 2.42. The Bertz CT molecular complexity index is 1030. The molecule has 0 aliphatic carbocycles. The van der Waals surface area contributed by atoms with Crippen molar-refractivity contribution in [3.8, 4) is 0 Å². The van der Waals surface area contributed by atoms with Crippen molar-refractivity contribution in [2.24, 2.45) is 0 Å². The summed E-state index contributed by atoms with van der Waals surface area (Å²) >= 11 is 0. The molecule has 0 radical (unpaired) electrons. The van der Waals surface area contributed by atoms with E-state index < -0.39 is 0 Å². The predicted molar refractivity (Wildman–Crippen MR) is 93.1 cm³/mol. The highest BCUT2D eigenvalue weighted by atomic mass is 16.2. The zero-order chi connectivity index (χ0) is 17.1. The van der Waals surface area contributed by atoms with Crippen molar-refractivity contribution in [1.82, 2.24) is 24.7 Å². The number of hydrogen-bond acceptors (Lipinski definition) is 5. The van der Waals surface area contributed by atoms with Gasteiger partial charge >= 0.3 is 0 Å². The fourth-order valence-electron chi connectivity index (χ4n) is 2.42. The third-order valence-corrected chi connectivity index (χ3v) is 3.61. The van der Waals surface area contributed by atoms with Crippen molar-refractivity contribution in [3.05, 3.63) is 78.5 Å². The Morgan fingerprint density at radius 2 is 1.84 bits per heavy atom. The minimum absolute atomic E-state index is 0.248. The first-order valence-electron chi connectivity index (χ1n) is 7.74. The van der Waals surface area contributed by atoms with E-state index in [-0.39, 0.29) is 11.6 Å². The van der Waals surface area contributed by atoms with E-state index in [4.69, 9.17) is 0 Å². The van der Waals surface area contributed by atoms with Gasteiger partial charge in [-0.2, -0.15) is 5.10 Å². The largest absolute Gasteiger partial charge is 0.304 e. The minimum atomic E-state index is -0.346. The van der Waals surface area contributed by atoms with E-state index >= 15 is 0 Å². The molecule has 0 aliphatic rings. The number of benzene rings is 1. The molecule has 3 heterocycles. The van der Waals surface area contributed by atoms with Crippen LogP contribution in [0.5, 0.6) is 0 Å². The average molecular weight is 330 g/mol. The first kappa shape index (κ1) is 14.9. The number of nitrogens with zero attached hydrogens (tertiary/aromatic N) is 5. The zero-order valence-corrected chi connectivity index (χ0v) is 13.2. The van der Waals surface area contributed by atoms with Crippen LogP contribution in [-0.2, 0) is 6.54 Å². The first-order valence-corrected chi connectivity index (χ1v) is 7.74. The van der Waals surface area contributed by atoms with Crippen LogP contribution in [0.4, 0.5) is 5.82 Å². The normalized spacial score (nSPS) is 10.7. The Labute approximate surface area is 143 Å². The molecule has 1 N–H and O–H groups in total. The van der Waals surface area contributed by atoms with Gasteiger partial charge in [-0.15, -0.1) is 0 Å². The van der Waals surface area contributed by atoms with Gasteiger partial charge in [0.05, 0.1) is 29.5 Å². The molecule has 7 heteroatoms. The summed E-state index contributed by atoms with van der Waals surface area (Å²) in [5.74, 6) is 0.109. The lowest BCUT2D eigenvalue weighted by molar-refractivity contribution is 0.102. The number of amides is 1. The maximum Gasteiger partial charge on any atom is 0.277 e. The van der Waals surface area contributed by atoms with Gasteiger partial charge in [0.25, 0.3) is 5.91 Å². The van der Waals surface area contributed by atoms with Crippen LogP contribution in [0.1, 0.15) is 16.2 Å². The summed E-state index contributed by atoms with van der Waals surface area (Å²) in [6.45, 7) is 0.534. The highest BCUT2D eigenvalue weighted by Crippen LogP contribution is 2.10. The smallest absolute Gasteiger partial charge is 0.277 e. The Hall–Kier alpha value is -3.61. The van der Waals surface area contributed by atoms with Gasteiger partial charge in [0.2, 0.25) is 0 Å². The van der Waals surface area contributed by atoms with Crippen LogP contribution in [0.25, 0.3) is 11.0 Å². The van der Waals surface area contributed by atoms with Gasteiger partial charge < -0.3 is 5.32 Å². The number of nitrogens with one attached hydrogen (secondary N) is 1. The highest BCUT2D eigenvalue weighted by molar-refractivity contribution is 6.02. The molecule has 4 aromatic rings. The highest BCUT2D eigenvalue weighted by Gasteiger charge is 2.11. The number of aromatic nitrogens is 5. The molecule has 0 saturated heterocycles. The van der Waals surface area contributed by atoms with Crippen LogP contribution >= 0.6 is 0 Å². The van der Waals surface area contributed by atoms with Crippen molar-refractivity contribution in [1.29, 1.82) is 0 Å². The lowest BCUT2D eigenvalue weighted by atomic mass is 10.3. The van der Waals surface area contributed by atoms with Crippen LogP contribution in [-0.4, -0.2) is 30.6 Å². The van der Waals surface area contributed by atoms with E-state index in [9.17, 15) is 4.79 Å². The van der Waals surface area contributed by atoms with E-state index in [0.29, 0.717) is 17.9 Å². The average Bonchev–Trinajstić information content (AvgIpc) is 3.09. The molecule has 3 aromatic heterocycles. The second-order valence-electron chi connectivity index (χ2n) is 5.42. The summed E-state index contributed by atoms with van der Waals surface area (Å²) in [6, 6.07) is 14.8. The Kier molecular flexibility index (Phi) is 3.88. The second kappa shape index (κ2) is 6.48. The summed E-state index contributed by atoms with van der Waals surface area (Å²) in [6.07, 6.45) is 4.98. The third-order valence-electron chi connectivity index (χ3n) is 3.61. The van der Waals surface area contributed by atoms with Gasteiger partial charge in [0.1, 0.15) is 5.69 Å². The fraction of sp³-hybridized carbons (Fsp3) is 0.0556. The van der Waals surface area contributed by atoms with Crippen molar-refractivity contribution in [2.45, 2.75) is 6.54 Å². The summed E-state index contributed by atoms with van der Waals surface area (Å²) in [5, 5.41) is 7.07. The van der Waals surface area contributed by atoms with E-state index in [1.54, 1.807) is 23.1 Å². The van der Waals surface area contributed by atoms with Crippen molar-refractivity contribution in [2.75, 3.05) is 5.32 Å². The Morgan fingerprint density at radius 1 is 1.00 bits per heavy atom. The van der Waals surface area contributed by atoms with Crippen molar-refractivity contribution < 1.29 is 4.79 Å². The lowest BCUT2D eigenvalue weighted by Gasteiger charge is -2.03. The zero-order valence-electron chi connectivity index (χ0n) is 13.2. The standard InChI is InChI=1S/C18H14N6O/c25-18(16-11-20-14-6-1-2-7-15(14)21-16)22-17-8-10-24(23-17)12-13-5-3-4-9-19-13/h1-11H,12H2,(H,22,23,25). The number of hydrogen-bond donors (Lipinski definition) is 1. The van der Waals surface area contributed by atoms with Gasteiger partial charge in [-0.1, -0.05) is 18.2 Å². The topological polar surface area (TPSA) is 85.6 Å². The number of anilines is 1. The molecule has 25 heavy (non-hydrogen) atoms. The molecular weight excluding hydrogens is 316 g/mol. The van der Waals surface area contributed by atoms with Crippen LogP contribution in [0, 0.1) is 0 Å². The molecule has 0 unspecified atom stereocenters. The number of pyridine rings is 1. The molecule has 0 spiro atoms. The monoisotopic (exact) mass is 330 g/mol. The number of rotatable bonds is 4.